The van der Waals surface area contributed by atoms with Crippen molar-refractivity contribution in [1.82, 2.24) is 9.55 Å². The topological polar surface area (TPSA) is 101 Å². The second-order valence-corrected chi connectivity index (χ2v) is 6.43. The van der Waals surface area contributed by atoms with Crippen LogP contribution < -0.4 is 5.73 Å². The second-order valence-electron chi connectivity index (χ2n) is 6.43. The van der Waals surface area contributed by atoms with Crippen LogP contribution in [0.5, 0.6) is 0 Å². The zero-order chi connectivity index (χ0) is 17.6. The Hall–Kier alpha value is -3.15. The largest absolute Gasteiger partial charge is 0.425 e. The first-order chi connectivity index (χ1) is 12.0. The van der Waals surface area contributed by atoms with E-state index in [4.69, 9.17) is 21.3 Å². The van der Waals surface area contributed by atoms with Crippen molar-refractivity contribution in [2.45, 2.75) is 12.8 Å². The highest BCUT2D eigenvalue weighted by molar-refractivity contribution is 6.03. The van der Waals surface area contributed by atoms with Crippen LogP contribution in [0.25, 0.3) is 22.0 Å². The summed E-state index contributed by atoms with van der Waals surface area (Å²) in [7, 11) is 2.01. The van der Waals surface area contributed by atoms with Gasteiger partial charge < -0.3 is 15.0 Å². The van der Waals surface area contributed by atoms with Crippen LogP contribution in [-0.4, -0.2) is 21.3 Å². The van der Waals surface area contributed by atoms with Gasteiger partial charge in [-0.2, -0.15) is 0 Å². The number of hydrogen-bond donors (Lipinski definition) is 3. The first-order valence-corrected chi connectivity index (χ1v) is 8.19. The molecule has 0 bridgehead atoms. The van der Waals surface area contributed by atoms with Crippen LogP contribution in [0, 0.1) is 16.7 Å². The third-order valence-electron chi connectivity index (χ3n) is 4.54. The summed E-state index contributed by atoms with van der Waals surface area (Å²) in [6.45, 7) is 0. The van der Waals surface area contributed by atoms with Gasteiger partial charge in [0.25, 0.3) is 0 Å². The van der Waals surface area contributed by atoms with Gasteiger partial charge in [0.05, 0.1) is 5.56 Å². The number of nitrogens with zero attached hydrogens (tertiary/aromatic N) is 2. The Bertz CT molecular complexity index is 1000. The first-order valence-electron chi connectivity index (χ1n) is 8.19. The number of pyridine rings is 1. The Kier molecular flexibility index (Phi) is 3.53. The summed E-state index contributed by atoms with van der Waals surface area (Å²) in [5.41, 5.74) is 9.35. The second kappa shape index (κ2) is 5.73. The van der Waals surface area contributed by atoms with Crippen LogP contribution in [0.4, 0.5) is 5.82 Å². The summed E-state index contributed by atoms with van der Waals surface area (Å²) in [4.78, 5) is 4.21. The van der Waals surface area contributed by atoms with Crippen LogP contribution in [0.3, 0.4) is 0 Å². The third-order valence-corrected chi connectivity index (χ3v) is 4.54. The molecule has 2 aromatic heterocycles. The van der Waals surface area contributed by atoms with Gasteiger partial charge in [-0.1, -0.05) is 6.07 Å². The number of aromatic nitrogens is 2. The molecular formula is C19H19N5O. The van der Waals surface area contributed by atoms with Gasteiger partial charge in [0.15, 0.2) is 5.90 Å². The highest BCUT2D eigenvalue weighted by Gasteiger charge is 2.29. The minimum atomic E-state index is -0.121. The zero-order valence-electron chi connectivity index (χ0n) is 13.9. The summed E-state index contributed by atoms with van der Waals surface area (Å²) in [6.07, 6.45) is 5.63. The number of rotatable bonds is 3. The Morgan fingerprint density at radius 2 is 2.00 bits per heavy atom. The van der Waals surface area contributed by atoms with Crippen LogP contribution in [0.2, 0.25) is 0 Å². The molecule has 1 aromatic carbocycles. The lowest BCUT2D eigenvalue weighted by atomic mass is 10.0. The van der Waals surface area contributed by atoms with Gasteiger partial charge in [0.1, 0.15) is 5.82 Å². The van der Waals surface area contributed by atoms with E-state index in [0.29, 0.717) is 5.56 Å². The number of fused-ring (bicyclic) bond motifs is 1. The lowest BCUT2D eigenvalue weighted by Gasteiger charge is -2.11. The molecule has 0 aliphatic heterocycles. The fraction of sp³-hybridized carbons (Fsp3) is 0.211. The first kappa shape index (κ1) is 15.4. The number of ether oxygens (including phenoxy) is 1. The van der Waals surface area contributed by atoms with Crippen molar-refractivity contribution < 1.29 is 4.74 Å². The van der Waals surface area contributed by atoms with E-state index in [1.54, 1.807) is 12.3 Å². The molecule has 3 aromatic rings. The summed E-state index contributed by atoms with van der Waals surface area (Å²) >= 11 is 0. The molecule has 0 spiro atoms. The third kappa shape index (κ3) is 2.87. The van der Waals surface area contributed by atoms with Gasteiger partial charge in [0, 0.05) is 41.8 Å². The predicted octanol–water partition coefficient (Wildman–Crippen LogP) is 3.55. The number of aryl methyl sites for hydroxylation is 1. The molecule has 25 heavy (non-hydrogen) atoms. The molecule has 1 aliphatic carbocycles. The van der Waals surface area contributed by atoms with Gasteiger partial charge >= 0.3 is 0 Å². The molecule has 6 nitrogen and oxygen atoms in total. The average molecular weight is 333 g/mol. The van der Waals surface area contributed by atoms with E-state index in [2.05, 4.69) is 27.8 Å². The van der Waals surface area contributed by atoms with Gasteiger partial charge in [-0.3, -0.25) is 10.8 Å². The Labute approximate surface area is 145 Å². The van der Waals surface area contributed by atoms with E-state index in [1.165, 1.54) is 0 Å². The molecule has 0 amide bonds. The van der Waals surface area contributed by atoms with Crippen LogP contribution >= 0.6 is 0 Å². The number of hydrogen-bond acceptors (Lipinski definition) is 5. The summed E-state index contributed by atoms with van der Waals surface area (Å²) in [6, 6.07) is 10.0. The monoisotopic (exact) mass is 333 g/mol. The van der Waals surface area contributed by atoms with E-state index in [-0.39, 0.29) is 23.5 Å². The van der Waals surface area contributed by atoms with Crippen molar-refractivity contribution in [2.75, 3.05) is 5.73 Å². The van der Waals surface area contributed by atoms with Crippen molar-refractivity contribution in [3.05, 3.63) is 48.3 Å². The quantitative estimate of drug-likeness (QED) is 0.504. The van der Waals surface area contributed by atoms with Gasteiger partial charge in [-0.05, 0) is 42.7 Å². The molecule has 6 heteroatoms. The molecule has 0 saturated heterocycles. The fourth-order valence-corrected chi connectivity index (χ4v) is 2.87. The van der Waals surface area contributed by atoms with Crippen molar-refractivity contribution >= 4 is 28.5 Å². The maximum absolute atomic E-state index is 8.13. The van der Waals surface area contributed by atoms with E-state index in [1.807, 2.05) is 19.3 Å². The fourth-order valence-electron chi connectivity index (χ4n) is 2.87. The molecule has 126 valence electrons. The number of anilines is 1. The van der Waals surface area contributed by atoms with Crippen LogP contribution in [-0.2, 0) is 11.8 Å². The van der Waals surface area contributed by atoms with Crippen molar-refractivity contribution in [1.29, 1.82) is 10.8 Å². The van der Waals surface area contributed by atoms with Crippen molar-refractivity contribution in [3.8, 4) is 11.1 Å². The molecule has 4 rings (SSSR count). The van der Waals surface area contributed by atoms with E-state index < -0.39 is 0 Å². The molecule has 2 heterocycles. The number of nitrogen functional groups attached to an aromatic ring is 1. The Balaban J connectivity index is 1.67. The lowest BCUT2D eigenvalue weighted by molar-refractivity contribution is 0.512. The van der Waals surface area contributed by atoms with Crippen LogP contribution in [0.15, 0.2) is 42.7 Å². The van der Waals surface area contributed by atoms with Crippen molar-refractivity contribution in [3.63, 3.8) is 0 Å². The van der Waals surface area contributed by atoms with E-state index >= 15 is 0 Å². The van der Waals surface area contributed by atoms with Crippen molar-refractivity contribution in [2.24, 2.45) is 13.0 Å². The predicted molar refractivity (Wildman–Crippen MR) is 98.9 cm³/mol. The number of nitrogens with two attached hydrogens (primary N) is 1. The average Bonchev–Trinajstić information content (AvgIpc) is 3.39. The lowest BCUT2D eigenvalue weighted by Crippen LogP contribution is -2.15. The zero-order valence-corrected chi connectivity index (χ0v) is 13.9. The Morgan fingerprint density at radius 3 is 2.76 bits per heavy atom. The number of benzene rings is 1. The molecule has 1 saturated carbocycles. The summed E-state index contributed by atoms with van der Waals surface area (Å²) in [5, 5.41) is 17.1. The molecule has 0 radical (unpaired) electrons. The smallest absolute Gasteiger partial charge is 0.224 e. The number of nitrogens with one attached hydrogen (secondary N) is 2. The highest BCUT2D eigenvalue weighted by Crippen LogP contribution is 2.31. The highest BCUT2D eigenvalue weighted by atomic mass is 16.5. The minimum Gasteiger partial charge on any atom is -0.425 e. The van der Waals surface area contributed by atoms with E-state index in [9.17, 15) is 0 Å². The molecule has 0 unspecified atom stereocenters. The molecule has 1 aliphatic rings. The molecular weight excluding hydrogens is 314 g/mol. The molecule has 1 fully saturated rings. The minimum absolute atomic E-state index is 0.121. The maximum atomic E-state index is 8.13. The van der Waals surface area contributed by atoms with Crippen LogP contribution in [0.1, 0.15) is 18.4 Å². The summed E-state index contributed by atoms with van der Waals surface area (Å²) in [5.74, 6) is 0.404. The van der Waals surface area contributed by atoms with E-state index in [0.717, 1.165) is 34.9 Å². The SMILES string of the molecule is Cn1ccc2cc(-c3cnc(N)c(C(=N)OC(=N)C4CC4)c3)ccc21. The maximum Gasteiger partial charge on any atom is 0.224 e. The normalized spacial score (nSPS) is 13.8. The molecule has 0 atom stereocenters. The van der Waals surface area contributed by atoms with Gasteiger partial charge in [0.2, 0.25) is 5.90 Å². The summed E-state index contributed by atoms with van der Waals surface area (Å²) < 4.78 is 7.42. The molecule has 4 N–H and O–H groups in total. The standard InChI is InChI=1S/C19H19N5O/c1-24-7-6-13-8-12(4-5-16(13)24)14-9-15(17(20)23-10-14)19(22)25-18(21)11-2-3-11/h4-11,21-22H,2-3H2,1H3,(H2,20,23). The van der Waals surface area contributed by atoms with Gasteiger partial charge in [-0.15, -0.1) is 0 Å². The Morgan fingerprint density at radius 1 is 1.20 bits per heavy atom. The van der Waals surface area contributed by atoms with Gasteiger partial charge in [-0.25, -0.2) is 4.98 Å².